The average Bonchev–Trinajstić information content (AvgIpc) is 3.16. The van der Waals surface area contributed by atoms with Crippen LogP contribution in [0.15, 0.2) is 67.3 Å². The summed E-state index contributed by atoms with van der Waals surface area (Å²) in [6.45, 7) is 0.211. The Morgan fingerprint density at radius 1 is 1.19 bits per heavy atom. The van der Waals surface area contributed by atoms with E-state index in [1.807, 2.05) is 12.1 Å². The molecule has 7 nitrogen and oxygen atoms in total. The van der Waals surface area contributed by atoms with Gasteiger partial charge in [-0.3, -0.25) is 0 Å². The van der Waals surface area contributed by atoms with Crippen LogP contribution in [0.25, 0.3) is 0 Å². The third-order valence-electron chi connectivity index (χ3n) is 4.27. The fourth-order valence-electron chi connectivity index (χ4n) is 3.01. The van der Waals surface area contributed by atoms with E-state index < -0.39 is 10.7 Å². The van der Waals surface area contributed by atoms with Crippen molar-refractivity contribution in [3.63, 3.8) is 0 Å². The summed E-state index contributed by atoms with van der Waals surface area (Å²) in [5.74, 6) is 0.655. The molecule has 0 radical (unpaired) electrons. The van der Waals surface area contributed by atoms with Crippen LogP contribution in [0.4, 0.5) is 0 Å². The maximum atomic E-state index is 11.4. The summed E-state index contributed by atoms with van der Waals surface area (Å²) >= 11 is 5.97. The lowest BCUT2D eigenvalue weighted by Gasteiger charge is -2.32. The third-order valence-corrected chi connectivity index (χ3v) is 4.52. The fourth-order valence-corrected chi connectivity index (χ4v) is 3.13. The van der Waals surface area contributed by atoms with Crippen LogP contribution >= 0.6 is 11.6 Å². The van der Waals surface area contributed by atoms with Crippen molar-refractivity contribution < 1.29 is 14.7 Å². The van der Waals surface area contributed by atoms with Crippen LogP contribution < -0.4 is 4.74 Å². The predicted octanol–water partition coefficient (Wildman–Crippen LogP) is 3.89. The smallest absolute Gasteiger partial charge is 0.295 e. The highest BCUT2D eigenvalue weighted by Gasteiger charge is 2.37. The normalized spacial score (nSPS) is 13.0. The molecule has 0 bridgehead atoms. The molecular formula is C19H18ClN3O4. The van der Waals surface area contributed by atoms with Gasteiger partial charge in [0.2, 0.25) is 0 Å². The second-order valence-electron chi connectivity index (χ2n) is 6.08. The van der Waals surface area contributed by atoms with Gasteiger partial charge in [0, 0.05) is 23.8 Å². The predicted molar refractivity (Wildman–Crippen MR) is 100 cm³/mol. The van der Waals surface area contributed by atoms with E-state index in [1.54, 1.807) is 66.8 Å². The Balaban J connectivity index is 2.06. The SMILES string of the molecule is COc1ccc(C(Cc2ccc(Cl)cc2)(Cn2ccnc2)O[N+](=O)[O-])cc1. The molecule has 27 heavy (non-hydrogen) atoms. The maximum absolute atomic E-state index is 11.4. The minimum Gasteiger partial charge on any atom is -0.497 e. The van der Waals surface area contributed by atoms with Gasteiger partial charge in [-0.25, -0.2) is 4.98 Å². The van der Waals surface area contributed by atoms with Crippen LogP contribution in [0.5, 0.6) is 5.75 Å². The zero-order chi connectivity index (χ0) is 19.3. The molecule has 0 aliphatic heterocycles. The number of aromatic nitrogens is 2. The van der Waals surface area contributed by atoms with Crippen molar-refractivity contribution in [3.8, 4) is 5.75 Å². The largest absolute Gasteiger partial charge is 0.497 e. The minimum atomic E-state index is -1.25. The van der Waals surface area contributed by atoms with Gasteiger partial charge in [-0.05, 0) is 35.4 Å². The van der Waals surface area contributed by atoms with Gasteiger partial charge < -0.3 is 14.1 Å². The first kappa shape index (κ1) is 18.7. The van der Waals surface area contributed by atoms with Crippen molar-refractivity contribution in [2.45, 2.75) is 18.6 Å². The summed E-state index contributed by atoms with van der Waals surface area (Å²) in [7, 11) is 1.56. The molecular weight excluding hydrogens is 370 g/mol. The average molecular weight is 388 g/mol. The zero-order valence-electron chi connectivity index (χ0n) is 14.6. The lowest BCUT2D eigenvalue weighted by molar-refractivity contribution is -0.785. The Morgan fingerprint density at radius 2 is 1.89 bits per heavy atom. The van der Waals surface area contributed by atoms with Crippen LogP contribution in [0.1, 0.15) is 11.1 Å². The molecule has 140 valence electrons. The first-order valence-corrected chi connectivity index (χ1v) is 8.57. The number of hydrogen-bond donors (Lipinski definition) is 0. The summed E-state index contributed by atoms with van der Waals surface area (Å²) in [6, 6.07) is 14.2. The molecule has 0 aliphatic carbocycles. The van der Waals surface area contributed by atoms with E-state index in [0.29, 0.717) is 16.3 Å². The molecule has 1 atom stereocenters. The Hall–Kier alpha value is -3.06. The molecule has 0 aliphatic rings. The fraction of sp³-hybridized carbons (Fsp3) is 0.211. The Labute approximate surface area is 161 Å². The summed E-state index contributed by atoms with van der Waals surface area (Å²) in [6.07, 6.45) is 5.23. The van der Waals surface area contributed by atoms with Gasteiger partial charge in [0.15, 0.2) is 5.60 Å². The van der Waals surface area contributed by atoms with Gasteiger partial charge in [0.05, 0.1) is 20.0 Å². The van der Waals surface area contributed by atoms with Gasteiger partial charge in [-0.15, -0.1) is 10.1 Å². The van der Waals surface area contributed by atoms with Crippen molar-refractivity contribution in [3.05, 3.63) is 93.5 Å². The Morgan fingerprint density at radius 3 is 2.44 bits per heavy atom. The number of rotatable bonds is 8. The summed E-state index contributed by atoms with van der Waals surface area (Å²) in [5, 5.41) is 11.2. The van der Waals surface area contributed by atoms with Crippen molar-refractivity contribution >= 4 is 11.6 Å². The lowest BCUT2D eigenvalue weighted by atomic mass is 9.86. The van der Waals surface area contributed by atoms with Crippen LogP contribution in [-0.2, 0) is 23.4 Å². The molecule has 1 heterocycles. The van der Waals surface area contributed by atoms with Crippen LogP contribution in [0, 0.1) is 10.1 Å². The molecule has 1 unspecified atom stereocenters. The topological polar surface area (TPSA) is 79.4 Å². The summed E-state index contributed by atoms with van der Waals surface area (Å²) < 4.78 is 6.95. The molecule has 0 saturated heterocycles. The molecule has 2 aromatic carbocycles. The van der Waals surface area contributed by atoms with Crippen LogP contribution in [0.3, 0.4) is 0 Å². The summed E-state index contributed by atoms with van der Waals surface area (Å²) in [5.41, 5.74) is 0.269. The summed E-state index contributed by atoms with van der Waals surface area (Å²) in [4.78, 5) is 20.7. The second kappa shape index (κ2) is 8.09. The van der Waals surface area contributed by atoms with Crippen molar-refractivity contribution in [1.29, 1.82) is 0 Å². The first-order valence-electron chi connectivity index (χ1n) is 8.19. The zero-order valence-corrected chi connectivity index (χ0v) is 15.4. The van der Waals surface area contributed by atoms with Gasteiger partial charge in [-0.1, -0.05) is 35.9 Å². The first-order chi connectivity index (χ1) is 13.0. The monoisotopic (exact) mass is 387 g/mol. The highest BCUT2D eigenvalue weighted by atomic mass is 35.5. The van der Waals surface area contributed by atoms with Gasteiger partial charge in [-0.2, -0.15) is 0 Å². The Bertz CT molecular complexity index is 882. The van der Waals surface area contributed by atoms with E-state index in [0.717, 1.165) is 5.56 Å². The molecule has 3 aromatic rings. The number of imidazole rings is 1. The van der Waals surface area contributed by atoms with Gasteiger partial charge >= 0.3 is 0 Å². The van der Waals surface area contributed by atoms with E-state index in [-0.39, 0.29) is 13.0 Å². The molecule has 1 aromatic heterocycles. The second-order valence-corrected chi connectivity index (χ2v) is 6.51. The van der Waals surface area contributed by atoms with E-state index in [4.69, 9.17) is 21.2 Å². The van der Waals surface area contributed by atoms with E-state index >= 15 is 0 Å². The highest BCUT2D eigenvalue weighted by Crippen LogP contribution is 2.34. The number of benzene rings is 2. The quantitative estimate of drug-likeness (QED) is 0.432. The third kappa shape index (κ3) is 4.57. The Kier molecular flexibility index (Phi) is 5.61. The number of ether oxygens (including phenoxy) is 1. The number of methoxy groups -OCH3 is 1. The molecule has 0 spiro atoms. The molecule has 0 amide bonds. The number of hydrogen-bond acceptors (Lipinski definition) is 5. The molecule has 0 N–H and O–H groups in total. The van der Waals surface area contributed by atoms with E-state index in [9.17, 15) is 10.1 Å². The van der Waals surface area contributed by atoms with Crippen LogP contribution in [-0.4, -0.2) is 21.7 Å². The minimum absolute atomic E-state index is 0.211. The molecule has 0 saturated carbocycles. The lowest BCUT2D eigenvalue weighted by Crippen LogP contribution is -2.39. The van der Waals surface area contributed by atoms with Crippen molar-refractivity contribution in [2.75, 3.05) is 7.11 Å². The maximum Gasteiger partial charge on any atom is 0.295 e. The number of nitrogens with zero attached hydrogens (tertiary/aromatic N) is 3. The molecule has 3 rings (SSSR count). The standard InChI is InChI=1S/C19H18ClN3O4/c1-26-18-8-4-16(5-9-18)19(27-23(24)25,13-22-11-10-21-14-22)12-15-2-6-17(20)7-3-15/h2-11,14H,12-13H2,1H3. The van der Waals surface area contributed by atoms with Gasteiger partial charge in [0.25, 0.3) is 5.09 Å². The van der Waals surface area contributed by atoms with Gasteiger partial charge in [0.1, 0.15) is 5.75 Å². The highest BCUT2D eigenvalue weighted by molar-refractivity contribution is 6.30. The van der Waals surface area contributed by atoms with Crippen molar-refractivity contribution in [2.24, 2.45) is 0 Å². The molecule has 0 fully saturated rings. The van der Waals surface area contributed by atoms with E-state index in [1.165, 1.54) is 0 Å². The number of halogens is 1. The molecule has 8 heteroatoms. The van der Waals surface area contributed by atoms with E-state index in [2.05, 4.69) is 4.98 Å². The van der Waals surface area contributed by atoms with Crippen LogP contribution in [0.2, 0.25) is 5.02 Å². The van der Waals surface area contributed by atoms with Crippen molar-refractivity contribution in [1.82, 2.24) is 9.55 Å².